The van der Waals surface area contributed by atoms with Gasteiger partial charge in [0.1, 0.15) is 18.3 Å². The van der Waals surface area contributed by atoms with E-state index in [1.807, 2.05) is 0 Å². The van der Waals surface area contributed by atoms with Crippen molar-refractivity contribution in [3.63, 3.8) is 0 Å². The second-order valence-electron chi connectivity index (χ2n) is 2.81. The molecule has 0 spiro atoms. The summed E-state index contributed by atoms with van der Waals surface area (Å²) in [6.45, 7) is -0.470. The quantitative estimate of drug-likeness (QED) is 0.288. The van der Waals surface area contributed by atoms with Gasteiger partial charge in [-0.3, -0.25) is 0 Å². The third-order valence-electron chi connectivity index (χ3n) is 1.95. The molecule has 0 amide bonds. The summed E-state index contributed by atoms with van der Waals surface area (Å²) in [5, 5.41) is 36.1. The van der Waals surface area contributed by atoms with E-state index in [0.717, 1.165) is 0 Å². The Bertz CT molecular complexity index is 150. The van der Waals surface area contributed by atoms with Crippen molar-refractivity contribution in [2.45, 2.75) is 30.6 Å². The number of rotatable bonds is 1. The fourth-order valence-corrected chi connectivity index (χ4v) is 1.12. The molecule has 1 fully saturated rings. The highest BCUT2D eigenvalue weighted by molar-refractivity contribution is 4.90. The topological polar surface area (TPSA) is 116 Å². The summed E-state index contributed by atoms with van der Waals surface area (Å²) in [7, 11) is 0. The maximum Gasteiger partial charge on any atom is 0.173 e. The van der Waals surface area contributed by atoms with Crippen LogP contribution in [0.25, 0.3) is 0 Å². The van der Waals surface area contributed by atoms with E-state index in [-0.39, 0.29) is 0 Å². The van der Waals surface area contributed by atoms with Gasteiger partial charge in [0.2, 0.25) is 0 Å². The molecule has 1 aliphatic rings. The minimum Gasteiger partial charge on any atom is -0.394 e. The fraction of sp³-hybridized carbons (Fsp3) is 1.00. The molecule has 1 saturated heterocycles. The zero-order valence-corrected chi connectivity index (χ0v) is 6.37. The summed E-state index contributed by atoms with van der Waals surface area (Å²) < 4.78 is 4.70. The Labute approximate surface area is 69.2 Å². The predicted molar refractivity (Wildman–Crippen MR) is 38.0 cm³/mol. The van der Waals surface area contributed by atoms with Gasteiger partial charge in [-0.25, -0.2) is 0 Å². The van der Waals surface area contributed by atoms with E-state index in [1.165, 1.54) is 0 Å². The number of nitrogens with two attached hydrogens (primary N) is 1. The van der Waals surface area contributed by atoms with Gasteiger partial charge in [0.25, 0.3) is 0 Å². The normalized spacial score (nSPS) is 49.2. The van der Waals surface area contributed by atoms with Crippen molar-refractivity contribution in [2.24, 2.45) is 5.73 Å². The summed E-state index contributed by atoms with van der Waals surface area (Å²) in [5.41, 5.74) is 5.26. The second kappa shape index (κ2) is 3.65. The van der Waals surface area contributed by atoms with Gasteiger partial charge in [-0.05, 0) is 0 Å². The van der Waals surface area contributed by atoms with Gasteiger partial charge in [0.05, 0.1) is 12.6 Å². The van der Waals surface area contributed by atoms with Gasteiger partial charge in [-0.1, -0.05) is 0 Å². The highest BCUT2D eigenvalue weighted by Gasteiger charge is 2.41. The third kappa shape index (κ3) is 1.58. The third-order valence-corrected chi connectivity index (χ3v) is 1.95. The SMILES string of the molecule is N[C@H]1[C@@H](O)[C@H](O)[C@H](CO)O[C@H]1O. The van der Waals surface area contributed by atoms with E-state index >= 15 is 0 Å². The Morgan fingerprint density at radius 2 is 1.75 bits per heavy atom. The van der Waals surface area contributed by atoms with Crippen LogP contribution in [0.3, 0.4) is 0 Å². The van der Waals surface area contributed by atoms with E-state index in [4.69, 9.17) is 20.7 Å². The van der Waals surface area contributed by atoms with Crippen LogP contribution >= 0.6 is 0 Å². The summed E-state index contributed by atoms with van der Waals surface area (Å²) in [6, 6.07) is -1.04. The van der Waals surface area contributed by atoms with Crippen LogP contribution in [-0.4, -0.2) is 57.7 Å². The van der Waals surface area contributed by atoms with Crippen LogP contribution in [0.1, 0.15) is 0 Å². The molecule has 0 aromatic rings. The van der Waals surface area contributed by atoms with Gasteiger partial charge in [0, 0.05) is 0 Å². The summed E-state index contributed by atoms with van der Waals surface area (Å²) in [4.78, 5) is 0. The maximum atomic E-state index is 9.20. The van der Waals surface area contributed by atoms with Crippen LogP contribution in [0.4, 0.5) is 0 Å². The lowest BCUT2D eigenvalue weighted by Crippen LogP contribution is -2.61. The number of aliphatic hydroxyl groups excluding tert-OH is 4. The Morgan fingerprint density at radius 3 is 2.25 bits per heavy atom. The first-order chi connectivity index (χ1) is 5.57. The lowest BCUT2D eigenvalue weighted by molar-refractivity contribution is -0.248. The van der Waals surface area contributed by atoms with Crippen LogP contribution in [0.15, 0.2) is 0 Å². The lowest BCUT2D eigenvalue weighted by atomic mass is 9.98. The maximum absolute atomic E-state index is 9.20. The Kier molecular flexibility index (Phi) is 2.99. The lowest BCUT2D eigenvalue weighted by Gasteiger charge is -2.38. The molecule has 6 N–H and O–H groups in total. The van der Waals surface area contributed by atoms with Crippen molar-refractivity contribution < 1.29 is 25.2 Å². The predicted octanol–water partition coefficient (Wildman–Crippen LogP) is -3.26. The highest BCUT2D eigenvalue weighted by Crippen LogP contribution is 2.17. The molecule has 0 aromatic carbocycles. The van der Waals surface area contributed by atoms with Crippen LogP contribution in [-0.2, 0) is 4.74 Å². The second-order valence-corrected chi connectivity index (χ2v) is 2.81. The zero-order valence-electron chi connectivity index (χ0n) is 6.37. The Balaban J connectivity index is 2.63. The zero-order chi connectivity index (χ0) is 9.30. The molecule has 5 atom stereocenters. The minimum atomic E-state index is -1.35. The van der Waals surface area contributed by atoms with Crippen molar-refractivity contribution in [3.8, 4) is 0 Å². The smallest absolute Gasteiger partial charge is 0.173 e. The standard InChI is InChI=1S/C6H13NO5/c7-3-5(10)4(9)2(1-8)12-6(3)11/h2-6,8-11H,1,7H2/t2-,3-,4+,5+,6+/m0/s1. The first-order valence-corrected chi connectivity index (χ1v) is 3.64. The molecular weight excluding hydrogens is 166 g/mol. The molecule has 0 saturated carbocycles. The molecule has 1 heterocycles. The average molecular weight is 179 g/mol. The van der Waals surface area contributed by atoms with E-state index in [2.05, 4.69) is 0 Å². The van der Waals surface area contributed by atoms with Gasteiger partial charge >= 0.3 is 0 Å². The molecule has 1 rings (SSSR count). The number of hydrogen-bond donors (Lipinski definition) is 5. The summed E-state index contributed by atoms with van der Waals surface area (Å²) in [5.74, 6) is 0. The highest BCUT2D eigenvalue weighted by atomic mass is 16.6. The molecule has 12 heavy (non-hydrogen) atoms. The molecule has 6 nitrogen and oxygen atoms in total. The van der Waals surface area contributed by atoms with Crippen molar-refractivity contribution in [1.29, 1.82) is 0 Å². The van der Waals surface area contributed by atoms with Crippen LogP contribution < -0.4 is 5.73 Å². The van der Waals surface area contributed by atoms with E-state index in [0.29, 0.717) is 0 Å². The fourth-order valence-electron chi connectivity index (χ4n) is 1.12. The number of aliphatic hydroxyl groups is 4. The number of hydrogen-bond acceptors (Lipinski definition) is 6. The molecule has 0 radical (unpaired) electrons. The van der Waals surface area contributed by atoms with Gasteiger partial charge in [-0.15, -0.1) is 0 Å². The molecule has 0 aliphatic carbocycles. The molecule has 0 bridgehead atoms. The van der Waals surface area contributed by atoms with Gasteiger partial charge in [0.15, 0.2) is 6.29 Å². The van der Waals surface area contributed by atoms with Crippen molar-refractivity contribution in [2.75, 3.05) is 6.61 Å². The molecule has 6 heteroatoms. The largest absolute Gasteiger partial charge is 0.394 e. The van der Waals surface area contributed by atoms with E-state index < -0.39 is 37.3 Å². The first-order valence-electron chi connectivity index (χ1n) is 3.64. The number of ether oxygens (including phenoxy) is 1. The molecule has 1 aliphatic heterocycles. The van der Waals surface area contributed by atoms with Gasteiger partial charge < -0.3 is 30.9 Å². The Morgan fingerprint density at radius 1 is 1.17 bits per heavy atom. The summed E-state index contributed by atoms with van der Waals surface area (Å²) in [6.07, 6.45) is -4.85. The summed E-state index contributed by atoms with van der Waals surface area (Å²) >= 11 is 0. The van der Waals surface area contributed by atoms with E-state index in [9.17, 15) is 10.2 Å². The Hall–Kier alpha value is -0.240. The minimum absolute atomic E-state index is 0.470. The molecular formula is C6H13NO5. The molecule has 0 unspecified atom stereocenters. The van der Waals surface area contributed by atoms with Crippen molar-refractivity contribution in [3.05, 3.63) is 0 Å². The van der Waals surface area contributed by atoms with Crippen molar-refractivity contribution in [1.82, 2.24) is 0 Å². The molecule has 72 valence electrons. The van der Waals surface area contributed by atoms with Crippen molar-refractivity contribution >= 4 is 0 Å². The average Bonchev–Trinajstić information content (AvgIpc) is 2.08. The monoisotopic (exact) mass is 179 g/mol. The van der Waals surface area contributed by atoms with E-state index in [1.54, 1.807) is 0 Å². The van der Waals surface area contributed by atoms with Crippen LogP contribution in [0, 0.1) is 0 Å². The van der Waals surface area contributed by atoms with Crippen LogP contribution in [0.2, 0.25) is 0 Å². The van der Waals surface area contributed by atoms with Crippen LogP contribution in [0.5, 0.6) is 0 Å². The molecule has 0 aromatic heterocycles. The first kappa shape index (κ1) is 9.85. The van der Waals surface area contributed by atoms with Gasteiger partial charge in [-0.2, -0.15) is 0 Å².